The molecule has 0 amide bonds. The lowest BCUT2D eigenvalue weighted by Crippen LogP contribution is -2.15. The fourth-order valence-electron chi connectivity index (χ4n) is 3.99. The molecule has 0 saturated carbocycles. The summed E-state index contributed by atoms with van der Waals surface area (Å²) in [6, 6.07) is 0. The lowest BCUT2D eigenvalue weighted by molar-refractivity contribution is -0.113. The third-order valence-electron chi connectivity index (χ3n) is 5.94. The molecule has 1 aliphatic heterocycles. The van der Waals surface area contributed by atoms with Crippen molar-refractivity contribution in [3.8, 4) is 0 Å². The van der Waals surface area contributed by atoms with Crippen LogP contribution in [-0.2, 0) is 9.63 Å². The molecule has 1 heterocycles. The Kier molecular flexibility index (Phi) is 16.4. The number of hydrogen-bond acceptors (Lipinski definition) is 3. The van der Waals surface area contributed by atoms with Crippen LogP contribution in [0.1, 0.15) is 142 Å². The minimum absolute atomic E-state index is 0.155. The van der Waals surface area contributed by atoms with Gasteiger partial charge in [-0.05, 0) is 19.3 Å². The maximum absolute atomic E-state index is 12.3. The Balaban J connectivity index is 1.87. The second-order valence-corrected chi connectivity index (χ2v) is 8.73. The normalized spacial score (nSPS) is 16.2. The van der Waals surface area contributed by atoms with Crippen LogP contribution in [0, 0.1) is 0 Å². The van der Waals surface area contributed by atoms with Gasteiger partial charge in [-0.15, -0.1) is 0 Å². The van der Waals surface area contributed by atoms with Gasteiger partial charge in [0, 0.05) is 12.8 Å². The van der Waals surface area contributed by atoms with E-state index in [0.29, 0.717) is 12.1 Å². The van der Waals surface area contributed by atoms with Crippen molar-refractivity contribution in [3.05, 3.63) is 0 Å². The summed E-state index contributed by atoms with van der Waals surface area (Å²) in [6.45, 7) is 4.50. The highest BCUT2D eigenvalue weighted by Gasteiger charge is 2.24. The van der Waals surface area contributed by atoms with Crippen LogP contribution in [0.5, 0.6) is 0 Å². The van der Waals surface area contributed by atoms with Crippen molar-refractivity contribution in [1.82, 2.24) is 0 Å². The first-order chi connectivity index (χ1) is 13.8. The number of carbonyl (C=O) groups is 1. The first kappa shape index (κ1) is 25.2. The Labute approximate surface area is 175 Å². The summed E-state index contributed by atoms with van der Waals surface area (Å²) in [5.74, 6) is 0.221. The zero-order valence-corrected chi connectivity index (χ0v) is 19.0. The van der Waals surface area contributed by atoms with E-state index >= 15 is 0 Å². The van der Waals surface area contributed by atoms with Crippen LogP contribution in [-0.4, -0.2) is 17.6 Å². The quantitative estimate of drug-likeness (QED) is 0.196. The summed E-state index contributed by atoms with van der Waals surface area (Å²) in [6.07, 6.45) is 25.0. The van der Waals surface area contributed by atoms with Gasteiger partial charge in [0.2, 0.25) is 0 Å². The molecule has 1 aliphatic rings. The van der Waals surface area contributed by atoms with E-state index in [1.165, 1.54) is 103 Å². The largest absolute Gasteiger partial charge is 0.392 e. The summed E-state index contributed by atoms with van der Waals surface area (Å²) in [5, 5.41) is 4.06. The van der Waals surface area contributed by atoms with Crippen molar-refractivity contribution in [2.24, 2.45) is 5.16 Å². The van der Waals surface area contributed by atoms with Crippen LogP contribution in [0.4, 0.5) is 0 Å². The molecule has 0 fully saturated rings. The van der Waals surface area contributed by atoms with Crippen LogP contribution in [0.25, 0.3) is 0 Å². The van der Waals surface area contributed by atoms with Gasteiger partial charge in [-0.1, -0.05) is 115 Å². The maximum atomic E-state index is 12.3. The monoisotopic (exact) mass is 393 g/mol. The number of oxime groups is 1. The fourth-order valence-corrected chi connectivity index (χ4v) is 3.99. The summed E-state index contributed by atoms with van der Waals surface area (Å²) in [5.41, 5.74) is 0.694. The highest BCUT2D eigenvalue weighted by atomic mass is 16.6. The van der Waals surface area contributed by atoms with E-state index in [0.717, 1.165) is 19.3 Å². The lowest BCUT2D eigenvalue weighted by atomic mass is 10.00. The van der Waals surface area contributed by atoms with Gasteiger partial charge in [-0.3, -0.25) is 4.79 Å². The van der Waals surface area contributed by atoms with Gasteiger partial charge in [0.05, 0.1) is 0 Å². The average Bonchev–Trinajstić information content (AvgIpc) is 3.18. The molecule has 0 bridgehead atoms. The van der Waals surface area contributed by atoms with Gasteiger partial charge in [0.15, 0.2) is 5.78 Å². The second kappa shape index (κ2) is 18.2. The zero-order valence-electron chi connectivity index (χ0n) is 19.0. The van der Waals surface area contributed by atoms with Crippen molar-refractivity contribution < 1.29 is 9.63 Å². The highest BCUT2D eigenvalue weighted by Crippen LogP contribution is 2.19. The summed E-state index contributed by atoms with van der Waals surface area (Å²) in [7, 11) is 0. The van der Waals surface area contributed by atoms with Crippen LogP contribution in [0.3, 0.4) is 0 Å². The molecule has 0 aromatic carbocycles. The molecule has 3 nitrogen and oxygen atoms in total. The Morgan fingerprint density at radius 2 is 1.21 bits per heavy atom. The summed E-state index contributed by atoms with van der Waals surface area (Å²) >= 11 is 0. The minimum Gasteiger partial charge on any atom is -0.392 e. The van der Waals surface area contributed by atoms with Gasteiger partial charge in [0.1, 0.15) is 11.8 Å². The predicted molar refractivity (Wildman–Crippen MR) is 121 cm³/mol. The number of carbonyl (C=O) groups excluding carboxylic acids is 1. The minimum atomic E-state index is 0.155. The molecular weight excluding hydrogens is 346 g/mol. The van der Waals surface area contributed by atoms with Gasteiger partial charge in [-0.25, -0.2) is 0 Å². The summed E-state index contributed by atoms with van der Waals surface area (Å²) in [4.78, 5) is 17.7. The smallest absolute Gasteiger partial charge is 0.180 e. The average molecular weight is 394 g/mol. The number of rotatable bonds is 20. The molecule has 0 aromatic heterocycles. The first-order valence-corrected chi connectivity index (χ1v) is 12.5. The highest BCUT2D eigenvalue weighted by molar-refractivity contribution is 6.40. The van der Waals surface area contributed by atoms with Crippen molar-refractivity contribution >= 4 is 11.5 Å². The number of unbranched alkanes of at least 4 members (excludes halogenated alkanes) is 15. The SMILES string of the molecule is CCCCCCCCCCCCCCCC(=O)C1=NOC(CCCCCC)C1. The molecule has 28 heavy (non-hydrogen) atoms. The molecule has 0 N–H and O–H groups in total. The Bertz CT molecular complexity index is 405. The molecule has 0 spiro atoms. The topological polar surface area (TPSA) is 38.7 Å². The molecule has 0 saturated heterocycles. The molecule has 3 heteroatoms. The third-order valence-corrected chi connectivity index (χ3v) is 5.94. The van der Waals surface area contributed by atoms with Crippen molar-refractivity contribution in [3.63, 3.8) is 0 Å². The van der Waals surface area contributed by atoms with Gasteiger partial charge in [-0.2, -0.15) is 0 Å². The first-order valence-electron chi connectivity index (χ1n) is 12.5. The van der Waals surface area contributed by atoms with Crippen LogP contribution in [0.15, 0.2) is 5.16 Å². The predicted octanol–water partition coefficient (Wildman–Crippen LogP) is 8.15. The van der Waals surface area contributed by atoms with Gasteiger partial charge >= 0.3 is 0 Å². The molecule has 0 aromatic rings. The zero-order chi connectivity index (χ0) is 20.3. The molecular formula is C25H47NO2. The van der Waals surface area contributed by atoms with E-state index in [9.17, 15) is 4.79 Å². The van der Waals surface area contributed by atoms with Gasteiger partial charge in [0.25, 0.3) is 0 Å². The second-order valence-electron chi connectivity index (χ2n) is 8.73. The summed E-state index contributed by atoms with van der Waals surface area (Å²) < 4.78 is 0. The standard InChI is InChI=1S/C25H47NO2/c1-3-5-7-9-10-11-12-13-14-15-16-17-19-21-25(27)24-22-23(28-26-24)20-18-8-6-4-2/h23H,3-22H2,1-2H3. The number of hydrogen-bond donors (Lipinski definition) is 0. The Morgan fingerprint density at radius 1 is 0.750 bits per heavy atom. The van der Waals surface area contributed by atoms with E-state index in [2.05, 4.69) is 19.0 Å². The molecule has 1 unspecified atom stereocenters. The van der Waals surface area contributed by atoms with E-state index in [-0.39, 0.29) is 11.9 Å². The Morgan fingerprint density at radius 3 is 1.75 bits per heavy atom. The van der Waals surface area contributed by atoms with E-state index in [4.69, 9.17) is 4.84 Å². The molecule has 1 atom stereocenters. The molecule has 164 valence electrons. The van der Waals surface area contributed by atoms with Crippen LogP contribution in [0.2, 0.25) is 0 Å². The van der Waals surface area contributed by atoms with E-state index in [1.54, 1.807) is 0 Å². The van der Waals surface area contributed by atoms with Crippen LogP contribution >= 0.6 is 0 Å². The van der Waals surface area contributed by atoms with E-state index in [1.807, 2.05) is 0 Å². The number of ketones is 1. The van der Waals surface area contributed by atoms with Crippen molar-refractivity contribution in [2.75, 3.05) is 0 Å². The third kappa shape index (κ3) is 13.3. The van der Waals surface area contributed by atoms with Crippen molar-refractivity contribution in [1.29, 1.82) is 0 Å². The molecule has 0 aliphatic carbocycles. The maximum Gasteiger partial charge on any atom is 0.180 e. The molecule has 0 radical (unpaired) electrons. The van der Waals surface area contributed by atoms with Crippen molar-refractivity contribution in [2.45, 2.75) is 148 Å². The lowest BCUT2D eigenvalue weighted by Gasteiger charge is -2.06. The number of Topliss-reactive ketones (excluding diaryl/α,β-unsaturated/α-hetero) is 1. The van der Waals surface area contributed by atoms with Crippen LogP contribution < -0.4 is 0 Å². The van der Waals surface area contributed by atoms with E-state index < -0.39 is 0 Å². The van der Waals surface area contributed by atoms with Gasteiger partial charge < -0.3 is 4.84 Å². The molecule has 1 rings (SSSR count). The number of nitrogens with zero attached hydrogens (tertiary/aromatic N) is 1. The fraction of sp³-hybridized carbons (Fsp3) is 0.920. The Hall–Kier alpha value is -0.860.